The van der Waals surface area contributed by atoms with E-state index in [0.29, 0.717) is 18.9 Å². The molecule has 6 heteroatoms. The number of likely N-dealkylation sites (tertiary alicyclic amines) is 1. The van der Waals surface area contributed by atoms with Gasteiger partial charge in [0.1, 0.15) is 12.4 Å². The maximum Gasteiger partial charge on any atom is 0.229 e. The van der Waals surface area contributed by atoms with E-state index in [1.165, 1.54) is 0 Å². The van der Waals surface area contributed by atoms with Crippen molar-refractivity contribution in [2.24, 2.45) is 5.92 Å². The average molecular weight is 341 g/mol. The maximum absolute atomic E-state index is 12.9. The molecule has 25 heavy (non-hydrogen) atoms. The number of methoxy groups -OCH3 is 1. The molecule has 0 saturated carbocycles. The zero-order chi connectivity index (χ0) is 17.2. The topological polar surface area (TPSA) is 67.5 Å². The van der Waals surface area contributed by atoms with Crippen LogP contribution in [0, 0.1) is 5.92 Å². The summed E-state index contributed by atoms with van der Waals surface area (Å²) in [5.74, 6) is 3.07. The van der Waals surface area contributed by atoms with Crippen molar-refractivity contribution in [2.75, 3.05) is 26.8 Å². The third-order valence-electron chi connectivity index (χ3n) is 5.24. The van der Waals surface area contributed by atoms with Crippen LogP contribution in [-0.2, 0) is 11.2 Å². The van der Waals surface area contributed by atoms with Gasteiger partial charge in [0.2, 0.25) is 5.91 Å². The normalized spacial score (nSPS) is 20.7. The SMILES string of the molecule is COc1cccc2c1OC[C@@H](C(=O)N1CCC(c3ncc[nH]3)CC1)C2. The standard InChI is InChI=1S/C19H23N3O3/c1-24-16-4-2-3-14-11-15(12-25-17(14)16)19(23)22-9-5-13(6-10-22)18-20-7-8-21-18/h2-4,7-8,13,15H,5-6,9-12H2,1H3,(H,20,21)/t15-/m0/s1. The van der Waals surface area contributed by atoms with Crippen LogP contribution >= 0.6 is 0 Å². The molecule has 1 aromatic carbocycles. The van der Waals surface area contributed by atoms with Gasteiger partial charge in [0.25, 0.3) is 0 Å². The molecule has 0 radical (unpaired) electrons. The first-order valence-electron chi connectivity index (χ1n) is 8.83. The van der Waals surface area contributed by atoms with Crippen LogP contribution in [0.25, 0.3) is 0 Å². The number of nitrogens with one attached hydrogen (secondary N) is 1. The predicted molar refractivity (Wildman–Crippen MR) is 92.8 cm³/mol. The molecule has 1 aromatic heterocycles. The van der Waals surface area contributed by atoms with Crippen molar-refractivity contribution < 1.29 is 14.3 Å². The van der Waals surface area contributed by atoms with Crippen molar-refractivity contribution in [1.29, 1.82) is 0 Å². The van der Waals surface area contributed by atoms with Gasteiger partial charge in [-0.3, -0.25) is 4.79 Å². The van der Waals surface area contributed by atoms with Gasteiger partial charge in [0.15, 0.2) is 11.5 Å². The van der Waals surface area contributed by atoms with Crippen molar-refractivity contribution in [3.63, 3.8) is 0 Å². The Morgan fingerprint density at radius 3 is 2.92 bits per heavy atom. The number of imidazole rings is 1. The molecule has 6 nitrogen and oxygen atoms in total. The molecular weight excluding hydrogens is 318 g/mol. The number of H-pyrrole nitrogens is 1. The van der Waals surface area contributed by atoms with Gasteiger partial charge in [-0.15, -0.1) is 0 Å². The van der Waals surface area contributed by atoms with Gasteiger partial charge in [-0.05, 0) is 30.9 Å². The molecule has 2 aliphatic rings. The fourth-order valence-corrected chi connectivity index (χ4v) is 3.85. The smallest absolute Gasteiger partial charge is 0.229 e. The van der Waals surface area contributed by atoms with Crippen LogP contribution in [0.4, 0.5) is 0 Å². The average Bonchev–Trinajstić information content (AvgIpc) is 3.21. The van der Waals surface area contributed by atoms with Gasteiger partial charge in [-0.25, -0.2) is 4.98 Å². The van der Waals surface area contributed by atoms with E-state index in [2.05, 4.69) is 9.97 Å². The lowest BCUT2D eigenvalue weighted by Gasteiger charge is -2.35. The quantitative estimate of drug-likeness (QED) is 0.931. The van der Waals surface area contributed by atoms with Crippen molar-refractivity contribution in [3.8, 4) is 11.5 Å². The van der Waals surface area contributed by atoms with E-state index in [-0.39, 0.29) is 11.8 Å². The summed E-state index contributed by atoms with van der Waals surface area (Å²) in [6.07, 6.45) is 6.27. The summed E-state index contributed by atoms with van der Waals surface area (Å²) in [4.78, 5) is 22.4. The highest BCUT2D eigenvalue weighted by molar-refractivity contribution is 5.80. The Balaban J connectivity index is 1.39. The minimum Gasteiger partial charge on any atom is -0.493 e. The van der Waals surface area contributed by atoms with Crippen molar-refractivity contribution in [1.82, 2.24) is 14.9 Å². The van der Waals surface area contributed by atoms with Crippen LogP contribution in [0.15, 0.2) is 30.6 Å². The van der Waals surface area contributed by atoms with E-state index >= 15 is 0 Å². The molecule has 1 amide bonds. The Kier molecular flexibility index (Phi) is 4.34. The van der Waals surface area contributed by atoms with E-state index in [4.69, 9.17) is 9.47 Å². The molecule has 0 unspecified atom stereocenters. The number of carbonyl (C=O) groups excluding carboxylic acids is 1. The number of carbonyl (C=O) groups is 1. The first-order valence-corrected chi connectivity index (χ1v) is 8.83. The van der Waals surface area contributed by atoms with E-state index in [0.717, 1.165) is 48.8 Å². The van der Waals surface area contributed by atoms with Gasteiger partial charge < -0.3 is 19.4 Å². The number of aromatic amines is 1. The molecule has 4 rings (SSSR count). The molecule has 2 aliphatic heterocycles. The lowest BCUT2D eigenvalue weighted by atomic mass is 9.92. The Bertz CT molecular complexity index is 736. The van der Waals surface area contributed by atoms with Crippen LogP contribution in [0.2, 0.25) is 0 Å². The molecule has 1 saturated heterocycles. The number of hydrogen-bond acceptors (Lipinski definition) is 4. The first-order chi connectivity index (χ1) is 12.3. The molecule has 0 spiro atoms. The number of aromatic nitrogens is 2. The number of benzene rings is 1. The molecule has 2 aromatic rings. The number of fused-ring (bicyclic) bond motifs is 1. The highest BCUT2D eigenvalue weighted by Crippen LogP contribution is 2.37. The van der Waals surface area contributed by atoms with Gasteiger partial charge in [-0.2, -0.15) is 0 Å². The minimum atomic E-state index is -0.111. The largest absolute Gasteiger partial charge is 0.493 e. The number of nitrogens with zero attached hydrogens (tertiary/aromatic N) is 2. The number of rotatable bonds is 3. The van der Waals surface area contributed by atoms with Crippen LogP contribution in [0.1, 0.15) is 30.1 Å². The summed E-state index contributed by atoms with van der Waals surface area (Å²) in [7, 11) is 1.64. The zero-order valence-electron chi connectivity index (χ0n) is 14.4. The summed E-state index contributed by atoms with van der Waals surface area (Å²) in [6.45, 7) is 1.99. The summed E-state index contributed by atoms with van der Waals surface area (Å²) >= 11 is 0. The third kappa shape index (κ3) is 3.08. The summed E-state index contributed by atoms with van der Waals surface area (Å²) < 4.78 is 11.2. The van der Waals surface area contributed by atoms with Crippen LogP contribution < -0.4 is 9.47 Å². The summed E-state index contributed by atoms with van der Waals surface area (Å²) in [5, 5.41) is 0. The Labute approximate surface area is 147 Å². The van der Waals surface area contributed by atoms with Crippen molar-refractivity contribution in [3.05, 3.63) is 42.0 Å². The second-order valence-corrected chi connectivity index (χ2v) is 6.73. The van der Waals surface area contributed by atoms with E-state index in [9.17, 15) is 4.79 Å². The minimum absolute atomic E-state index is 0.111. The Morgan fingerprint density at radius 2 is 2.20 bits per heavy atom. The van der Waals surface area contributed by atoms with Crippen LogP contribution in [0.3, 0.4) is 0 Å². The monoisotopic (exact) mass is 341 g/mol. The zero-order valence-corrected chi connectivity index (χ0v) is 14.4. The summed E-state index contributed by atoms with van der Waals surface area (Å²) in [6, 6.07) is 5.85. The highest BCUT2D eigenvalue weighted by atomic mass is 16.5. The van der Waals surface area contributed by atoms with Gasteiger partial charge in [0.05, 0.1) is 13.0 Å². The number of ether oxygens (including phenoxy) is 2. The number of amides is 1. The van der Waals surface area contributed by atoms with E-state index < -0.39 is 0 Å². The van der Waals surface area contributed by atoms with Gasteiger partial charge in [0, 0.05) is 31.4 Å². The molecule has 1 N–H and O–H groups in total. The Morgan fingerprint density at radius 1 is 1.36 bits per heavy atom. The second-order valence-electron chi connectivity index (χ2n) is 6.73. The molecule has 0 bridgehead atoms. The molecule has 1 fully saturated rings. The molecule has 1 atom stereocenters. The number of hydrogen-bond donors (Lipinski definition) is 1. The first kappa shape index (κ1) is 16.0. The Hall–Kier alpha value is -2.50. The predicted octanol–water partition coefficient (Wildman–Crippen LogP) is 2.38. The van der Waals surface area contributed by atoms with Crippen LogP contribution in [0.5, 0.6) is 11.5 Å². The lowest BCUT2D eigenvalue weighted by Crippen LogP contribution is -2.44. The van der Waals surface area contributed by atoms with E-state index in [1.807, 2.05) is 29.3 Å². The highest BCUT2D eigenvalue weighted by Gasteiger charge is 2.33. The molecule has 0 aliphatic carbocycles. The van der Waals surface area contributed by atoms with Crippen LogP contribution in [-0.4, -0.2) is 47.6 Å². The summed E-state index contributed by atoms with van der Waals surface area (Å²) in [5.41, 5.74) is 1.05. The molecule has 132 valence electrons. The van der Waals surface area contributed by atoms with Crippen molar-refractivity contribution >= 4 is 5.91 Å². The van der Waals surface area contributed by atoms with Gasteiger partial charge in [-0.1, -0.05) is 12.1 Å². The van der Waals surface area contributed by atoms with Gasteiger partial charge >= 0.3 is 0 Å². The molecule has 3 heterocycles. The van der Waals surface area contributed by atoms with Crippen molar-refractivity contribution in [2.45, 2.75) is 25.2 Å². The van der Waals surface area contributed by atoms with E-state index in [1.54, 1.807) is 13.3 Å². The second kappa shape index (κ2) is 6.78. The number of piperidine rings is 1. The third-order valence-corrected chi connectivity index (χ3v) is 5.24. The fraction of sp³-hybridized carbons (Fsp3) is 0.474. The fourth-order valence-electron chi connectivity index (χ4n) is 3.85. The lowest BCUT2D eigenvalue weighted by molar-refractivity contribution is -0.138. The molecular formula is C19H23N3O3. The number of para-hydroxylation sites is 1. The maximum atomic E-state index is 12.9.